The highest BCUT2D eigenvalue weighted by Gasteiger charge is 2.18. The van der Waals surface area contributed by atoms with Gasteiger partial charge in [-0.2, -0.15) is 8.78 Å². The zero-order chi connectivity index (χ0) is 19.8. The summed E-state index contributed by atoms with van der Waals surface area (Å²) in [5.74, 6) is -0.771. The second-order valence-corrected chi connectivity index (χ2v) is 5.64. The number of alkyl halides is 2. The Balaban J connectivity index is 1.77. The molecule has 2 aromatic rings. The van der Waals surface area contributed by atoms with E-state index in [4.69, 9.17) is 9.47 Å². The first-order chi connectivity index (χ1) is 12.8. The third kappa shape index (κ3) is 6.93. The van der Waals surface area contributed by atoms with Gasteiger partial charge in [0.1, 0.15) is 11.5 Å². The largest absolute Gasteiger partial charge is 0.479 e. The Morgan fingerprint density at radius 3 is 2.37 bits per heavy atom. The summed E-state index contributed by atoms with van der Waals surface area (Å²) in [5.41, 5.74) is 1.33. The number of amides is 1. The Hall–Kier alpha value is -3.16. The number of benzene rings is 2. The van der Waals surface area contributed by atoms with Gasteiger partial charge in [-0.3, -0.25) is 4.79 Å². The SMILES string of the molecule is Cc1cccc(O[C@@H](C)C(=O)OCC(=O)Nc2ccc(OC(F)F)cc2)c1. The third-order valence-electron chi connectivity index (χ3n) is 3.34. The van der Waals surface area contributed by atoms with Gasteiger partial charge < -0.3 is 19.5 Å². The van der Waals surface area contributed by atoms with E-state index >= 15 is 0 Å². The Bertz CT molecular complexity index is 780. The molecule has 6 nitrogen and oxygen atoms in total. The van der Waals surface area contributed by atoms with E-state index in [-0.39, 0.29) is 5.75 Å². The average molecular weight is 379 g/mol. The molecule has 0 aliphatic rings. The van der Waals surface area contributed by atoms with E-state index in [1.807, 2.05) is 13.0 Å². The van der Waals surface area contributed by atoms with Gasteiger partial charge in [0.15, 0.2) is 12.7 Å². The maximum atomic E-state index is 12.1. The van der Waals surface area contributed by atoms with Crippen LogP contribution in [-0.4, -0.2) is 31.2 Å². The molecular formula is C19H19F2NO5. The van der Waals surface area contributed by atoms with E-state index in [1.165, 1.54) is 31.2 Å². The summed E-state index contributed by atoms with van der Waals surface area (Å²) in [7, 11) is 0. The predicted octanol–water partition coefficient (Wildman–Crippen LogP) is 3.55. The monoisotopic (exact) mass is 379 g/mol. The minimum atomic E-state index is -2.92. The molecule has 0 aliphatic carbocycles. The number of rotatable bonds is 8. The molecule has 0 bridgehead atoms. The van der Waals surface area contributed by atoms with Gasteiger partial charge in [-0.05, 0) is 55.8 Å². The molecule has 0 aliphatic heterocycles. The molecule has 1 amide bonds. The van der Waals surface area contributed by atoms with Gasteiger partial charge in [-0.1, -0.05) is 12.1 Å². The van der Waals surface area contributed by atoms with E-state index in [2.05, 4.69) is 10.1 Å². The Morgan fingerprint density at radius 2 is 1.74 bits per heavy atom. The van der Waals surface area contributed by atoms with Crippen LogP contribution in [-0.2, 0) is 14.3 Å². The molecule has 2 rings (SSSR count). The molecule has 144 valence electrons. The van der Waals surface area contributed by atoms with Crippen molar-refractivity contribution in [3.05, 3.63) is 54.1 Å². The van der Waals surface area contributed by atoms with Crippen molar-refractivity contribution in [2.75, 3.05) is 11.9 Å². The molecule has 0 spiro atoms. The summed E-state index contributed by atoms with van der Waals surface area (Å²) in [6.45, 7) is -0.0133. The lowest BCUT2D eigenvalue weighted by Gasteiger charge is -2.14. The molecule has 1 atom stereocenters. The number of carbonyl (C=O) groups is 2. The number of halogens is 2. The lowest BCUT2D eigenvalue weighted by atomic mass is 10.2. The lowest BCUT2D eigenvalue weighted by molar-refractivity contribution is -0.153. The first-order valence-corrected chi connectivity index (χ1v) is 8.08. The van der Waals surface area contributed by atoms with Crippen LogP contribution in [0.4, 0.5) is 14.5 Å². The van der Waals surface area contributed by atoms with Crippen molar-refractivity contribution in [1.29, 1.82) is 0 Å². The van der Waals surface area contributed by atoms with Crippen molar-refractivity contribution in [3.8, 4) is 11.5 Å². The molecule has 27 heavy (non-hydrogen) atoms. The molecular weight excluding hydrogens is 360 g/mol. The van der Waals surface area contributed by atoms with Crippen LogP contribution in [0.3, 0.4) is 0 Å². The van der Waals surface area contributed by atoms with Crippen molar-refractivity contribution < 1.29 is 32.6 Å². The van der Waals surface area contributed by atoms with Crippen LogP contribution < -0.4 is 14.8 Å². The average Bonchev–Trinajstić information content (AvgIpc) is 2.61. The maximum absolute atomic E-state index is 12.1. The van der Waals surface area contributed by atoms with Gasteiger partial charge in [0.25, 0.3) is 5.91 Å². The molecule has 0 radical (unpaired) electrons. The summed E-state index contributed by atoms with van der Waals surface area (Å²) < 4.78 is 38.8. The fraction of sp³-hybridized carbons (Fsp3) is 0.263. The van der Waals surface area contributed by atoms with Crippen LogP contribution in [0.1, 0.15) is 12.5 Å². The van der Waals surface area contributed by atoms with Crippen LogP contribution >= 0.6 is 0 Å². The molecule has 0 saturated carbocycles. The Labute approximate surface area is 155 Å². The first-order valence-electron chi connectivity index (χ1n) is 8.08. The van der Waals surface area contributed by atoms with E-state index in [0.717, 1.165) is 5.56 Å². The quantitative estimate of drug-likeness (QED) is 0.710. The van der Waals surface area contributed by atoms with Crippen molar-refractivity contribution >= 4 is 17.6 Å². The summed E-state index contributed by atoms with van der Waals surface area (Å²) in [4.78, 5) is 23.7. The number of hydrogen-bond acceptors (Lipinski definition) is 5. The molecule has 0 saturated heterocycles. The van der Waals surface area contributed by atoms with Crippen molar-refractivity contribution in [2.45, 2.75) is 26.6 Å². The Morgan fingerprint density at radius 1 is 1.04 bits per heavy atom. The number of aryl methyl sites for hydroxylation is 1. The number of esters is 1. The van der Waals surface area contributed by atoms with Gasteiger partial charge >= 0.3 is 12.6 Å². The molecule has 0 fully saturated rings. The number of hydrogen-bond donors (Lipinski definition) is 1. The minimum Gasteiger partial charge on any atom is -0.479 e. The molecule has 0 unspecified atom stereocenters. The topological polar surface area (TPSA) is 73.9 Å². The van der Waals surface area contributed by atoms with Gasteiger partial charge in [-0.25, -0.2) is 4.79 Å². The van der Waals surface area contributed by atoms with E-state index in [9.17, 15) is 18.4 Å². The van der Waals surface area contributed by atoms with E-state index < -0.39 is 31.2 Å². The van der Waals surface area contributed by atoms with Crippen molar-refractivity contribution in [2.24, 2.45) is 0 Å². The van der Waals surface area contributed by atoms with Gasteiger partial charge in [0.05, 0.1) is 0 Å². The van der Waals surface area contributed by atoms with E-state index in [1.54, 1.807) is 18.2 Å². The van der Waals surface area contributed by atoms with Crippen LogP contribution in [0.5, 0.6) is 11.5 Å². The van der Waals surface area contributed by atoms with Crippen molar-refractivity contribution in [3.63, 3.8) is 0 Å². The summed E-state index contributed by atoms with van der Waals surface area (Å²) in [6.07, 6.45) is -0.884. The van der Waals surface area contributed by atoms with Crippen molar-refractivity contribution in [1.82, 2.24) is 0 Å². The molecule has 0 aromatic heterocycles. The molecule has 0 heterocycles. The van der Waals surface area contributed by atoms with Crippen LogP contribution in [0, 0.1) is 6.92 Å². The standard InChI is InChI=1S/C19H19F2NO5/c1-12-4-3-5-16(10-12)26-13(2)18(24)25-11-17(23)22-14-6-8-15(9-7-14)27-19(20)21/h3-10,13,19H,11H2,1-2H3,(H,22,23)/t13-/m0/s1. The molecule has 8 heteroatoms. The number of carbonyl (C=O) groups excluding carboxylic acids is 2. The second-order valence-electron chi connectivity index (χ2n) is 5.64. The van der Waals surface area contributed by atoms with Gasteiger partial charge in [0, 0.05) is 5.69 Å². The van der Waals surface area contributed by atoms with E-state index in [0.29, 0.717) is 11.4 Å². The highest BCUT2D eigenvalue weighted by atomic mass is 19.3. The van der Waals surface area contributed by atoms with Crippen LogP contribution in [0.25, 0.3) is 0 Å². The summed E-state index contributed by atoms with van der Waals surface area (Å²) >= 11 is 0. The molecule has 1 N–H and O–H groups in total. The lowest BCUT2D eigenvalue weighted by Crippen LogP contribution is -2.29. The highest BCUT2D eigenvalue weighted by Crippen LogP contribution is 2.18. The van der Waals surface area contributed by atoms with Crippen LogP contribution in [0.15, 0.2) is 48.5 Å². The van der Waals surface area contributed by atoms with Gasteiger partial charge in [0.2, 0.25) is 0 Å². The fourth-order valence-electron chi connectivity index (χ4n) is 2.11. The highest BCUT2D eigenvalue weighted by molar-refractivity contribution is 5.93. The third-order valence-corrected chi connectivity index (χ3v) is 3.34. The Kier molecular flexibility index (Phi) is 7.10. The number of ether oxygens (including phenoxy) is 3. The number of nitrogens with one attached hydrogen (secondary N) is 1. The van der Waals surface area contributed by atoms with Gasteiger partial charge in [-0.15, -0.1) is 0 Å². The molecule has 2 aromatic carbocycles. The zero-order valence-corrected chi connectivity index (χ0v) is 14.8. The predicted molar refractivity (Wildman–Crippen MR) is 93.9 cm³/mol. The summed E-state index contributed by atoms with van der Waals surface area (Å²) in [5, 5.41) is 2.47. The zero-order valence-electron chi connectivity index (χ0n) is 14.8. The first kappa shape index (κ1) is 20.2. The normalized spacial score (nSPS) is 11.6. The van der Waals surface area contributed by atoms with Crippen LogP contribution in [0.2, 0.25) is 0 Å². The second kappa shape index (κ2) is 9.51. The smallest absolute Gasteiger partial charge is 0.387 e. The summed E-state index contributed by atoms with van der Waals surface area (Å²) in [6, 6.07) is 12.5. The number of anilines is 1. The minimum absolute atomic E-state index is 0.0310. The fourth-order valence-corrected chi connectivity index (χ4v) is 2.11. The maximum Gasteiger partial charge on any atom is 0.387 e.